The third-order valence-corrected chi connectivity index (χ3v) is 4.90. The van der Waals surface area contributed by atoms with E-state index in [9.17, 15) is 5.11 Å². The summed E-state index contributed by atoms with van der Waals surface area (Å²) in [5.74, 6) is -0.345. The van der Waals surface area contributed by atoms with Crippen LogP contribution in [0.3, 0.4) is 0 Å². The molecular formula is C20H17N5O. The van der Waals surface area contributed by atoms with Crippen LogP contribution in [-0.2, 0) is 12.8 Å². The zero-order chi connectivity index (χ0) is 18.1. The molecule has 0 fully saturated rings. The maximum Gasteiger partial charge on any atom is 0.238 e. The van der Waals surface area contributed by atoms with Crippen molar-refractivity contribution < 1.29 is 5.11 Å². The number of anilines is 1. The Balaban J connectivity index is 1.71. The molecule has 2 aromatic rings. The van der Waals surface area contributed by atoms with Gasteiger partial charge in [-0.15, -0.1) is 0 Å². The third kappa shape index (κ3) is 2.76. The SMILES string of the molecule is N#Cc1nc(O)c(/C=C/c2cc3c4c(c2)CCCN4CCC3)nc1C#N. The van der Waals surface area contributed by atoms with Crippen LogP contribution in [0, 0.1) is 22.7 Å². The van der Waals surface area contributed by atoms with Gasteiger partial charge in [0.15, 0.2) is 11.4 Å². The van der Waals surface area contributed by atoms with E-state index in [1.807, 2.05) is 12.1 Å². The van der Waals surface area contributed by atoms with E-state index >= 15 is 0 Å². The lowest BCUT2D eigenvalue weighted by atomic mass is 9.90. The molecule has 1 N–H and O–H groups in total. The topological polar surface area (TPSA) is 96.8 Å². The minimum absolute atomic E-state index is 0.0823. The first-order chi connectivity index (χ1) is 12.7. The fourth-order valence-electron chi connectivity index (χ4n) is 3.81. The summed E-state index contributed by atoms with van der Waals surface area (Å²) in [5.41, 5.74) is 5.15. The molecule has 0 unspecified atom stereocenters. The minimum Gasteiger partial charge on any atom is -0.492 e. The van der Waals surface area contributed by atoms with Crippen LogP contribution in [0.5, 0.6) is 5.88 Å². The standard InChI is InChI=1S/C20H17N5O/c21-11-17-18(12-22)24-20(26)16(23-17)6-5-13-9-14-3-1-7-25-8-2-4-15(10-13)19(14)25/h5-6,9-10H,1-4,7-8H2,(H,24,26)/b6-5+. The summed E-state index contributed by atoms with van der Waals surface area (Å²) in [4.78, 5) is 10.3. The van der Waals surface area contributed by atoms with E-state index < -0.39 is 0 Å². The van der Waals surface area contributed by atoms with Gasteiger partial charge in [-0.05, 0) is 60.6 Å². The fourth-order valence-corrected chi connectivity index (χ4v) is 3.81. The van der Waals surface area contributed by atoms with Crippen molar-refractivity contribution in [3.63, 3.8) is 0 Å². The number of rotatable bonds is 2. The Kier molecular flexibility index (Phi) is 4.02. The molecule has 1 aromatic carbocycles. The summed E-state index contributed by atoms with van der Waals surface area (Å²) in [6.45, 7) is 2.28. The fraction of sp³-hybridized carbons (Fsp3) is 0.300. The van der Waals surface area contributed by atoms with Crippen LogP contribution < -0.4 is 4.90 Å². The number of benzene rings is 1. The zero-order valence-corrected chi connectivity index (χ0v) is 14.2. The van der Waals surface area contributed by atoms with Gasteiger partial charge < -0.3 is 10.0 Å². The van der Waals surface area contributed by atoms with Crippen molar-refractivity contribution in [2.75, 3.05) is 18.0 Å². The molecule has 0 atom stereocenters. The smallest absolute Gasteiger partial charge is 0.238 e. The average Bonchev–Trinajstić information content (AvgIpc) is 2.67. The van der Waals surface area contributed by atoms with Gasteiger partial charge in [0.05, 0.1) is 0 Å². The van der Waals surface area contributed by atoms with Crippen LogP contribution in [-0.4, -0.2) is 28.2 Å². The van der Waals surface area contributed by atoms with Crippen molar-refractivity contribution in [3.05, 3.63) is 45.9 Å². The van der Waals surface area contributed by atoms with Crippen molar-refractivity contribution in [1.82, 2.24) is 9.97 Å². The molecule has 2 aliphatic rings. The Morgan fingerprint density at radius 3 is 2.19 bits per heavy atom. The molecule has 4 rings (SSSR count). The molecule has 0 aliphatic carbocycles. The molecule has 0 saturated heterocycles. The number of aryl methyl sites for hydroxylation is 2. The molecule has 26 heavy (non-hydrogen) atoms. The highest BCUT2D eigenvalue weighted by molar-refractivity contribution is 5.74. The van der Waals surface area contributed by atoms with E-state index in [2.05, 4.69) is 27.0 Å². The molecule has 2 aliphatic heterocycles. The number of hydrogen-bond donors (Lipinski definition) is 1. The van der Waals surface area contributed by atoms with Gasteiger partial charge in [-0.1, -0.05) is 6.08 Å². The maximum absolute atomic E-state index is 9.97. The van der Waals surface area contributed by atoms with Crippen LogP contribution >= 0.6 is 0 Å². The Hall–Kier alpha value is -3.38. The summed E-state index contributed by atoms with van der Waals surface area (Å²) < 4.78 is 0. The highest BCUT2D eigenvalue weighted by atomic mass is 16.3. The van der Waals surface area contributed by atoms with E-state index in [0.29, 0.717) is 0 Å². The lowest BCUT2D eigenvalue weighted by Gasteiger charge is -2.37. The van der Waals surface area contributed by atoms with Gasteiger partial charge in [0.1, 0.15) is 17.8 Å². The molecule has 0 radical (unpaired) electrons. The van der Waals surface area contributed by atoms with E-state index in [-0.39, 0.29) is 23.0 Å². The van der Waals surface area contributed by atoms with E-state index in [0.717, 1.165) is 31.5 Å². The predicted octanol–water partition coefficient (Wildman–Crippen LogP) is 2.79. The first-order valence-corrected chi connectivity index (χ1v) is 8.69. The highest BCUT2D eigenvalue weighted by Gasteiger charge is 2.23. The Labute approximate surface area is 151 Å². The molecule has 6 nitrogen and oxygen atoms in total. The Morgan fingerprint density at radius 2 is 1.58 bits per heavy atom. The second-order valence-electron chi connectivity index (χ2n) is 6.57. The number of aromatic hydroxyl groups is 1. The maximum atomic E-state index is 9.97. The van der Waals surface area contributed by atoms with E-state index in [1.165, 1.54) is 29.7 Å². The van der Waals surface area contributed by atoms with Gasteiger partial charge in [-0.3, -0.25) is 0 Å². The summed E-state index contributed by atoms with van der Waals surface area (Å²) in [5, 5.41) is 28.0. The van der Waals surface area contributed by atoms with Gasteiger partial charge in [-0.2, -0.15) is 15.5 Å². The summed E-state index contributed by atoms with van der Waals surface area (Å²) in [6.07, 6.45) is 8.03. The van der Waals surface area contributed by atoms with Crippen molar-refractivity contribution in [2.45, 2.75) is 25.7 Å². The van der Waals surface area contributed by atoms with Gasteiger partial charge in [0, 0.05) is 18.8 Å². The van der Waals surface area contributed by atoms with Crippen molar-refractivity contribution in [1.29, 1.82) is 10.5 Å². The Bertz CT molecular complexity index is 965. The predicted molar refractivity (Wildman–Crippen MR) is 97.4 cm³/mol. The molecule has 128 valence electrons. The number of nitriles is 2. The van der Waals surface area contributed by atoms with Crippen LogP contribution in [0.2, 0.25) is 0 Å². The molecule has 6 heteroatoms. The van der Waals surface area contributed by atoms with Gasteiger partial charge >= 0.3 is 0 Å². The van der Waals surface area contributed by atoms with Crippen molar-refractivity contribution in [3.8, 4) is 18.0 Å². The van der Waals surface area contributed by atoms with Crippen LogP contribution in [0.25, 0.3) is 12.2 Å². The van der Waals surface area contributed by atoms with Gasteiger partial charge in [0.2, 0.25) is 5.88 Å². The zero-order valence-electron chi connectivity index (χ0n) is 14.2. The molecule has 0 amide bonds. The quantitative estimate of drug-likeness (QED) is 0.900. The number of nitrogens with zero attached hydrogens (tertiary/aromatic N) is 5. The van der Waals surface area contributed by atoms with Crippen LogP contribution in [0.4, 0.5) is 5.69 Å². The summed E-state index contributed by atoms with van der Waals surface area (Å²) in [6, 6.07) is 7.97. The van der Waals surface area contributed by atoms with Gasteiger partial charge in [-0.25, -0.2) is 4.98 Å². The first-order valence-electron chi connectivity index (χ1n) is 8.69. The lowest BCUT2D eigenvalue weighted by molar-refractivity contribution is 0.448. The van der Waals surface area contributed by atoms with Gasteiger partial charge in [0.25, 0.3) is 0 Å². The second-order valence-corrected chi connectivity index (χ2v) is 6.57. The average molecular weight is 343 g/mol. The van der Waals surface area contributed by atoms with Crippen LogP contribution in [0.15, 0.2) is 12.1 Å². The first kappa shape index (κ1) is 16.1. The molecule has 1 aromatic heterocycles. The monoisotopic (exact) mass is 343 g/mol. The largest absolute Gasteiger partial charge is 0.492 e. The second kappa shape index (κ2) is 6.50. The summed E-state index contributed by atoms with van der Waals surface area (Å²) in [7, 11) is 0. The number of aromatic nitrogens is 2. The molecule has 3 heterocycles. The third-order valence-electron chi connectivity index (χ3n) is 4.90. The molecule has 0 saturated carbocycles. The molecule has 0 bridgehead atoms. The highest BCUT2D eigenvalue weighted by Crippen LogP contribution is 2.36. The molecular weight excluding hydrogens is 326 g/mol. The van der Waals surface area contributed by atoms with Crippen molar-refractivity contribution >= 4 is 17.8 Å². The van der Waals surface area contributed by atoms with E-state index in [1.54, 1.807) is 12.1 Å². The lowest BCUT2D eigenvalue weighted by Crippen LogP contribution is -2.34. The minimum atomic E-state index is -0.345. The molecule has 0 spiro atoms. The summed E-state index contributed by atoms with van der Waals surface area (Å²) >= 11 is 0. The Morgan fingerprint density at radius 1 is 0.962 bits per heavy atom. The van der Waals surface area contributed by atoms with E-state index in [4.69, 9.17) is 10.5 Å². The normalized spacial score (nSPS) is 15.4. The van der Waals surface area contributed by atoms with Crippen LogP contribution in [0.1, 0.15) is 46.6 Å². The number of hydrogen-bond acceptors (Lipinski definition) is 6. The van der Waals surface area contributed by atoms with Crippen molar-refractivity contribution in [2.24, 2.45) is 0 Å².